The van der Waals surface area contributed by atoms with Gasteiger partial charge in [0.2, 0.25) is 0 Å². The SMILES string of the molecule is O=C(NCC1(CCl)CC1)c1ccc(Cl)c(Br)c1. The molecule has 1 amide bonds. The van der Waals surface area contributed by atoms with E-state index >= 15 is 0 Å². The van der Waals surface area contributed by atoms with Gasteiger partial charge in [-0.15, -0.1) is 11.6 Å². The van der Waals surface area contributed by atoms with Crippen molar-refractivity contribution in [3.8, 4) is 0 Å². The highest BCUT2D eigenvalue weighted by atomic mass is 79.9. The summed E-state index contributed by atoms with van der Waals surface area (Å²) in [5.41, 5.74) is 0.743. The van der Waals surface area contributed by atoms with Crippen LogP contribution < -0.4 is 5.32 Å². The molecule has 0 radical (unpaired) electrons. The Morgan fingerprint density at radius 3 is 2.71 bits per heavy atom. The molecule has 0 bridgehead atoms. The Morgan fingerprint density at radius 2 is 2.18 bits per heavy atom. The summed E-state index contributed by atoms with van der Waals surface area (Å²) in [6.45, 7) is 0.648. The summed E-state index contributed by atoms with van der Waals surface area (Å²) in [6, 6.07) is 5.13. The van der Waals surface area contributed by atoms with Crippen LogP contribution in [-0.2, 0) is 0 Å². The van der Waals surface area contributed by atoms with Crippen LogP contribution in [0.3, 0.4) is 0 Å². The van der Waals surface area contributed by atoms with E-state index in [9.17, 15) is 4.79 Å². The Morgan fingerprint density at radius 1 is 1.47 bits per heavy atom. The van der Waals surface area contributed by atoms with Gasteiger partial charge in [0.05, 0.1) is 5.02 Å². The summed E-state index contributed by atoms with van der Waals surface area (Å²) in [5.74, 6) is 0.524. The average Bonchev–Trinajstić information content (AvgIpc) is 3.10. The van der Waals surface area contributed by atoms with E-state index in [-0.39, 0.29) is 11.3 Å². The molecule has 1 aliphatic rings. The number of carbonyl (C=O) groups is 1. The lowest BCUT2D eigenvalue weighted by Gasteiger charge is -2.12. The van der Waals surface area contributed by atoms with Crippen molar-refractivity contribution in [2.75, 3.05) is 12.4 Å². The molecule has 1 aromatic rings. The van der Waals surface area contributed by atoms with Crippen molar-refractivity contribution >= 4 is 45.0 Å². The number of halogens is 3. The Balaban J connectivity index is 1.97. The number of rotatable bonds is 4. The molecule has 1 aliphatic carbocycles. The molecule has 0 unspecified atom stereocenters. The van der Waals surface area contributed by atoms with Crippen molar-refractivity contribution in [2.45, 2.75) is 12.8 Å². The summed E-state index contributed by atoms with van der Waals surface area (Å²) < 4.78 is 0.727. The number of hydrogen-bond acceptors (Lipinski definition) is 1. The Bertz CT molecular complexity index is 446. The predicted octanol–water partition coefficient (Wildman–Crippen LogP) is 3.85. The van der Waals surface area contributed by atoms with Crippen molar-refractivity contribution in [3.63, 3.8) is 0 Å². The fourth-order valence-corrected chi connectivity index (χ4v) is 2.40. The van der Waals surface area contributed by atoms with Crippen molar-refractivity contribution in [1.29, 1.82) is 0 Å². The Labute approximate surface area is 119 Å². The monoisotopic (exact) mass is 335 g/mol. The quantitative estimate of drug-likeness (QED) is 0.831. The van der Waals surface area contributed by atoms with Gasteiger partial charge in [-0.05, 0) is 47.0 Å². The van der Waals surface area contributed by atoms with Crippen LogP contribution in [0.1, 0.15) is 23.2 Å². The number of benzene rings is 1. The molecule has 1 saturated carbocycles. The molecular weight excluding hydrogens is 325 g/mol. The first-order valence-corrected chi connectivity index (χ1v) is 7.06. The second kappa shape index (κ2) is 5.17. The molecule has 92 valence electrons. The van der Waals surface area contributed by atoms with E-state index in [1.165, 1.54) is 0 Å². The summed E-state index contributed by atoms with van der Waals surface area (Å²) in [7, 11) is 0. The molecule has 0 saturated heterocycles. The average molecular weight is 337 g/mol. The number of amides is 1. The van der Waals surface area contributed by atoms with Crippen LogP contribution >= 0.6 is 39.1 Å². The zero-order chi connectivity index (χ0) is 12.5. The minimum atomic E-state index is -0.0845. The molecule has 2 rings (SSSR count). The van der Waals surface area contributed by atoms with Crippen molar-refractivity contribution < 1.29 is 4.79 Å². The molecule has 0 heterocycles. The molecule has 0 aliphatic heterocycles. The van der Waals surface area contributed by atoms with Gasteiger partial charge in [0, 0.05) is 27.9 Å². The highest BCUT2D eigenvalue weighted by Gasteiger charge is 2.41. The standard InChI is InChI=1S/C12H12BrCl2NO/c13-9-5-8(1-2-10(9)15)11(17)16-7-12(6-14)3-4-12/h1-2,5H,3-4,6-7H2,(H,16,17). The van der Waals surface area contributed by atoms with E-state index in [2.05, 4.69) is 21.2 Å². The van der Waals surface area contributed by atoms with Gasteiger partial charge >= 0.3 is 0 Å². The van der Waals surface area contributed by atoms with Crippen LogP contribution in [0.25, 0.3) is 0 Å². The Hall–Kier alpha value is -0.250. The van der Waals surface area contributed by atoms with Crippen LogP contribution in [-0.4, -0.2) is 18.3 Å². The number of nitrogens with one attached hydrogen (secondary N) is 1. The van der Waals surface area contributed by atoms with E-state index in [0.29, 0.717) is 23.0 Å². The molecular formula is C12H12BrCl2NO. The van der Waals surface area contributed by atoms with Gasteiger partial charge in [-0.25, -0.2) is 0 Å². The maximum Gasteiger partial charge on any atom is 0.251 e. The van der Waals surface area contributed by atoms with Crippen LogP contribution in [0.2, 0.25) is 5.02 Å². The molecule has 0 aromatic heterocycles. The number of carbonyl (C=O) groups excluding carboxylic acids is 1. The third-order valence-electron chi connectivity index (χ3n) is 3.05. The van der Waals surface area contributed by atoms with E-state index in [4.69, 9.17) is 23.2 Å². The minimum Gasteiger partial charge on any atom is -0.351 e. The fraction of sp³-hybridized carbons (Fsp3) is 0.417. The molecule has 1 aromatic carbocycles. The van der Waals surface area contributed by atoms with Crippen molar-refractivity contribution in [2.24, 2.45) is 5.41 Å². The Kier molecular flexibility index (Phi) is 4.01. The maximum absolute atomic E-state index is 11.9. The van der Waals surface area contributed by atoms with Gasteiger partial charge in [-0.2, -0.15) is 0 Å². The van der Waals surface area contributed by atoms with E-state index in [0.717, 1.165) is 17.3 Å². The highest BCUT2D eigenvalue weighted by Crippen LogP contribution is 2.45. The van der Waals surface area contributed by atoms with E-state index in [1.54, 1.807) is 18.2 Å². The smallest absolute Gasteiger partial charge is 0.251 e. The topological polar surface area (TPSA) is 29.1 Å². The summed E-state index contributed by atoms with van der Waals surface area (Å²) in [4.78, 5) is 11.9. The van der Waals surface area contributed by atoms with E-state index in [1.807, 2.05) is 0 Å². The first-order chi connectivity index (χ1) is 8.06. The van der Waals surface area contributed by atoms with Crippen LogP contribution in [0.5, 0.6) is 0 Å². The van der Waals surface area contributed by atoms with Gasteiger partial charge in [0.15, 0.2) is 0 Å². The highest BCUT2D eigenvalue weighted by molar-refractivity contribution is 9.10. The molecule has 2 nitrogen and oxygen atoms in total. The lowest BCUT2D eigenvalue weighted by molar-refractivity contribution is 0.0946. The molecule has 0 atom stereocenters. The third-order valence-corrected chi connectivity index (χ3v) is 4.83. The fourth-order valence-electron chi connectivity index (χ4n) is 1.54. The number of hydrogen-bond donors (Lipinski definition) is 1. The van der Waals surface area contributed by atoms with Crippen LogP contribution in [0, 0.1) is 5.41 Å². The predicted molar refractivity (Wildman–Crippen MR) is 73.9 cm³/mol. The van der Waals surface area contributed by atoms with Gasteiger partial charge in [0.1, 0.15) is 0 Å². The summed E-state index contributed by atoms with van der Waals surface area (Å²) >= 11 is 15.0. The molecule has 5 heteroatoms. The zero-order valence-corrected chi connectivity index (χ0v) is 12.2. The third kappa shape index (κ3) is 3.15. The normalized spacial score (nSPS) is 16.6. The van der Waals surface area contributed by atoms with Gasteiger partial charge in [-0.1, -0.05) is 11.6 Å². The lowest BCUT2D eigenvalue weighted by Crippen LogP contribution is -2.30. The molecule has 0 spiro atoms. The van der Waals surface area contributed by atoms with Crippen LogP contribution in [0.4, 0.5) is 0 Å². The second-order valence-corrected chi connectivity index (χ2v) is 5.97. The van der Waals surface area contributed by atoms with Gasteiger partial charge < -0.3 is 5.32 Å². The number of alkyl halides is 1. The summed E-state index contributed by atoms with van der Waals surface area (Å²) in [5, 5.41) is 3.51. The second-order valence-electron chi connectivity index (χ2n) is 4.45. The molecule has 1 fully saturated rings. The van der Waals surface area contributed by atoms with Gasteiger partial charge in [-0.3, -0.25) is 4.79 Å². The molecule has 1 N–H and O–H groups in total. The lowest BCUT2D eigenvalue weighted by atomic mass is 10.1. The zero-order valence-electron chi connectivity index (χ0n) is 9.10. The maximum atomic E-state index is 11.9. The minimum absolute atomic E-state index is 0.0845. The van der Waals surface area contributed by atoms with E-state index < -0.39 is 0 Å². The van der Waals surface area contributed by atoms with Gasteiger partial charge in [0.25, 0.3) is 5.91 Å². The first kappa shape index (κ1) is 13.2. The molecule has 17 heavy (non-hydrogen) atoms. The van der Waals surface area contributed by atoms with Crippen molar-refractivity contribution in [3.05, 3.63) is 33.3 Å². The van der Waals surface area contributed by atoms with Crippen molar-refractivity contribution in [1.82, 2.24) is 5.32 Å². The first-order valence-electron chi connectivity index (χ1n) is 5.36. The summed E-state index contributed by atoms with van der Waals surface area (Å²) in [6.07, 6.45) is 2.20. The largest absolute Gasteiger partial charge is 0.351 e. The van der Waals surface area contributed by atoms with Crippen LogP contribution in [0.15, 0.2) is 22.7 Å².